The van der Waals surface area contributed by atoms with Gasteiger partial charge >= 0.3 is 5.03 Å². The molecule has 9 heteroatoms. The van der Waals surface area contributed by atoms with Gasteiger partial charge in [-0.1, -0.05) is 45.7 Å². The molecule has 3 heterocycles. The first-order valence-electron chi connectivity index (χ1n) is 10.4. The molecule has 0 amide bonds. The van der Waals surface area contributed by atoms with Gasteiger partial charge in [-0.05, 0) is 49.1 Å². The van der Waals surface area contributed by atoms with Crippen molar-refractivity contribution in [1.82, 2.24) is 19.8 Å². The molecule has 0 radical (unpaired) electrons. The average molecular weight is 440 g/mol. The van der Waals surface area contributed by atoms with Crippen LogP contribution in [-0.2, 0) is 20.8 Å². The van der Waals surface area contributed by atoms with Crippen LogP contribution in [0.4, 0.5) is 10.2 Å². The van der Waals surface area contributed by atoms with Crippen LogP contribution in [-0.4, -0.2) is 43.6 Å². The molecule has 0 spiro atoms. The maximum absolute atomic E-state index is 13.7. The van der Waals surface area contributed by atoms with Gasteiger partial charge in [0.15, 0.2) is 4.90 Å². The van der Waals surface area contributed by atoms with Crippen LogP contribution in [0.15, 0.2) is 58.5 Å². The summed E-state index contributed by atoms with van der Waals surface area (Å²) in [5, 5.41) is 8.79. The summed E-state index contributed by atoms with van der Waals surface area (Å²) < 4.78 is 41.9. The molecule has 160 valence electrons. The fraction of sp³-hybridized carbons (Fsp3) is 0.318. The summed E-state index contributed by atoms with van der Waals surface area (Å²) in [7, 11) is -3.91. The first-order valence-corrected chi connectivity index (χ1v) is 11.8. The normalized spacial score (nSPS) is 17.3. The Kier molecular flexibility index (Phi) is 4.94. The Labute approximate surface area is 180 Å². The lowest BCUT2D eigenvalue weighted by Gasteiger charge is -2.30. The number of alkyl halides is 1. The lowest BCUT2D eigenvalue weighted by Crippen LogP contribution is -2.35. The Hall–Kier alpha value is -2.91. The van der Waals surface area contributed by atoms with Crippen molar-refractivity contribution in [1.29, 1.82) is 0 Å². The number of anilines is 1. The second kappa shape index (κ2) is 7.65. The highest BCUT2D eigenvalue weighted by Gasteiger charge is 2.33. The van der Waals surface area contributed by atoms with Crippen molar-refractivity contribution >= 4 is 32.6 Å². The number of rotatable bonds is 4. The number of aromatic nitrogens is 4. The van der Waals surface area contributed by atoms with Gasteiger partial charge in [0.25, 0.3) is 0 Å². The number of fused-ring (bicyclic) bond motifs is 3. The standard InChI is InChI=1S/C22H22FN5O2S/c1-2-15-7-9-17(10-8-15)31(29,30)22-21-24-20(27-13-11-16(23)12-14-27)18-5-3-4-6-19(18)28(21)26-25-22/h3-10,16H,2,11-14H2,1H3. The SMILES string of the molecule is CCc1ccc([S+](=O)([O-])c2nnn3c2nc(N2CCC(F)CC2)c2ccccc23)cc1. The monoisotopic (exact) mass is 439 g/mol. The predicted octanol–water partition coefficient (Wildman–Crippen LogP) is 3.83. The van der Waals surface area contributed by atoms with Gasteiger partial charge in [0, 0.05) is 18.5 Å². The fourth-order valence-electron chi connectivity index (χ4n) is 4.02. The lowest BCUT2D eigenvalue weighted by molar-refractivity contribution is 0.277. The highest BCUT2D eigenvalue weighted by Crippen LogP contribution is 2.33. The molecule has 7 nitrogen and oxygen atoms in total. The van der Waals surface area contributed by atoms with Crippen LogP contribution < -0.4 is 4.90 Å². The number of halogens is 1. The number of nitrogens with zero attached hydrogens (tertiary/aromatic N) is 5. The van der Waals surface area contributed by atoms with E-state index in [1.165, 1.54) is 4.52 Å². The van der Waals surface area contributed by atoms with E-state index in [1.807, 2.05) is 36.1 Å². The molecule has 1 aliphatic heterocycles. The Morgan fingerprint density at radius 2 is 1.84 bits per heavy atom. The summed E-state index contributed by atoms with van der Waals surface area (Å²) in [5.41, 5.74) is 1.94. The van der Waals surface area contributed by atoms with Gasteiger partial charge in [-0.2, -0.15) is 4.52 Å². The van der Waals surface area contributed by atoms with E-state index in [4.69, 9.17) is 4.98 Å². The van der Waals surface area contributed by atoms with E-state index in [9.17, 15) is 13.2 Å². The van der Waals surface area contributed by atoms with E-state index in [0.29, 0.717) is 37.3 Å². The number of benzene rings is 2. The molecule has 1 saturated heterocycles. The number of sulfone groups is 1. The zero-order valence-electron chi connectivity index (χ0n) is 17.1. The molecule has 0 aliphatic carbocycles. The minimum Gasteiger partial charge on any atom is -0.604 e. The minimum absolute atomic E-state index is 0.154. The fourth-order valence-corrected chi connectivity index (χ4v) is 5.25. The minimum atomic E-state index is -3.91. The van der Waals surface area contributed by atoms with E-state index in [0.717, 1.165) is 17.4 Å². The summed E-state index contributed by atoms with van der Waals surface area (Å²) in [4.78, 5) is 6.87. The van der Waals surface area contributed by atoms with Crippen molar-refractivity contribution in [3.05, 3.63) is 54.1 Å². The maximum atomic E-state index is 13.7. The molecule has 1 unspecified atom stereocenters. The topological polar surface area (TPSA) is 86.4 Å². The van der Waals surface area contributed by atoms with Gasteiger partial charge in [-0.25, -0.2) is 9.37 Å². The van der Waals surface area contributed by atoms with Crippen LogP contribution in [0.3, 0.4) is 0 Å². The Morgan fingerprint density at radius 3 is 2.55 bits per heavy atom. The van der Waals surface area contributed by atoms with Gasteiger partial charge in [0.2, 0.25) is 5.65 Å². The summed E-state index contributed by atoms with van der Waals surface area (Å²) >= 11 is 0. The molecule has 1 fully saturated rings. The molecule has 0 N–H and O–H groups in total. The number of piperidine rings is 1. The first-order chi connectivity index (χ1) is 15.0. The van der Waals surface area contributed by atoms with Gasteiger partial charge in [0.05, 0.1) is 5.52 Å². The number of para-hydroxylation sites is 1. The smallest absolute Gasteiger partial charge is 0.317 e. The molecule has 0 bridgehead atoms. The maximum Gasteiger partial charge on any atom is 0.317 e. The highest BCUT2D eigenvalue weighted by atomic mass is 32.3. The molecule has 2 aromatic carbocycles. The summed E-state index contributed by atoms with van der Waals surface area (Å²) in [6.45, 7) is 3.06. The molecular weight excluding hydrogens is 417 g/mol. The van der Waals surface area contributed by atoms with Crippen LogP contribution >= 0.6 is 0 Å². The van der Waals surface area contributed by atoms with Crippen LogP contribution in [0.5, 0.6) is 0 Å². The van der Waals surface area contributed by atoms with Crippen molar-refractivity contribution < 1.29 is 13.2 Å². The molecule has 5 rings (SSSR count). The Balaban J connectivity index is 1.69. The van der Waals surface area contributed by atoms with E-state index in [2.05, 4.69) is 10.3 Å². The largest absolute Gasteiger partial charge is 0.604 e. The van der Waals surface area contributed by atoms with Crippen molar-refractivity contribution in [2.24, 2.45) is 0 Å². The summed E-state index contributed by atoms with van der Waals surface area (Å²) in [6, 6.07) is 14.3. The summed E-state index contributed by atoms with van der Waals surface area (Å²) in [6.07, 6.45) is 0.855. The molecule has 0 saturated carbocycles. The number of hydrogen-bond donors (Lipinski definition) is 0. The second-order valence-corrected chi connectivity index (χ2v) is 9.61. The second-order valence-electron chi connectivity index (χ2n) is 7.75. The van der Waals surface area contributed by atoms with E-state index < -0.39 is 16.4 Å². The zero-order valence-corrected chi connectivity index (χ0v) is 17.9. The van der Waals surface area contributed by atoms with Gasteiger partial charge < -0.3 is 9.45 Å². The average Bonchev–Trinajstić information content (AvgIpc) is 3.24. The third-order valence-electron chi connectivity index (χ3n) is 5.82. The third-order valence-corrected chi connectivity index (χ3v) is 7.49. The van der Waals surface area contributed by atoms with E-state index in [-0.39, 0.29) is 15.6 Å². The van der Waals surface area contributed by atoms with Crippen LogP contribution in [0.1, 0.15) is 25.3 Å². The quantitative estimate of drug-likeness (QED) is 0.449. The Bertz CT molecular complexity index is 1300. The van der Waals surface area contributed by atoms with Gasteiger partial charge in [-0.3, -0.25) is 0 Å². The number of hydrogen-bond acceptors (Lipinski definition) is 6. The highest BCUT2D eigenvalue weighted by molar-refractivity contribution is 7.97. The molecule has 1 aliphatic rings. The van der Waals surface area contributed by atoms with E-state index in [1.54, 1.807) is 24.3 Å². The van der Waals surface area contributed by atoms with Gasteiger partial charge in [-0.15, -0.1) is 0 Å². The Morgan fingerprint density at radius 1 is 1.13 bits per heavy atom. The van der Waals surface area contributed by atoms with Crippen LogP contribution in [0, 0.1) is 0 Å². The van der Waals surface area contributed by atoms with Gasteiger partial charge in [0.1, 0.15) is 22.2 Å². The van der Waals surface area contributed by atoms with Crippen molar-refractivity contribution in [3.63, 3.8) is 0 Å². The molecule has 4 aromatic rings. The van der Waals surface area contributed by atoms with E-state index >= 15 is 0 Å². The molecular formula is C22H22FN5O2S. The summed E-state index contributed by atoms with van der Waals surface area (Å²) in [5.74, 6) is 0.634. The lowest BCUT2D eigenvalue weighted by atomic mass is 10.1. The molecule has 1 atom stereocenters. The zero-order chi connectivity index (χ0) is 21.6. The molecule has 31 heavy (non-hydrogen) atoms. The van der Waals surface area contributed by atoms with Crippen LogP contribution in [0.25, 0.3) is 16.6 Å². The van der Waals surface area contributed by atoms with Crippen LogP contribution in [0.2, 0.25) is 0 Å². The van der Waals surface area contributed by atoms with Crippen molar-refractivity contribution in [2.75, 3.05) is 18.0 Å². The predicted molar refractivity (Wildman–Crippen MR) is 116 cm³/mol. The third kappa shape index (κ3) is 3.37. The van der Waals surface area contributed by atoms with Crippen molar-refractivity contribution in [3.8, 4) is 0 Å². The number of aryl methyl sites for hydroxylation is 1. The molecule has 2 aromatic heterocycles. The first kappa shape index (κ1) is 20.0. The van der Waals surface area contributed by atoms with Crippen molar-refractivity contribution in [2.45, 2.75) is 42.3 Å².